The predicted octanol–water partition coefficient (Wildman–Crippen LogP) is 3.28. The predicted molar refractivity (Wildman–Crippen MR) is 145 cm³/mol. The van der Waals surface area contributed by atoms with E-state index >= 15 is 0 Å². The topological polar surface area (TPSA) is 126 Å². The van der Waals surface area contributed by atoms with Crippen LogP contribution in [0, 0.1) is 23.7 Å². The number of hydrogen-bond acceptors (Lipinski definition) is 9. The van der Waals surface area contributed by atoms with E-state index in [1.165, 1.54) is 26.2 Å². The number of methoxy groups -OCH3 is 1. The number of carbonyl (C=O) groups is 3. The molecule has 40 heavy (non-hydrogen) atoms. The van der Waals surface area contributed by atoms with Crippen LogP contribution in [0.15, 0.2) is 54.1 Å². The van der Waals surface area contributed by atoms with Crippen LogP contribution in [-0.4, -0.2) is 63.3 Å². The molecule has 1 aromatic rings. The Bertz CT molecular complexity index is 1290. The number of allylic oxidation sites excluding steroid dienone is 2. The second-order valence-electron chi connectivity index (χ2n) is 11.3. The number of imidazole rings is 1. The first-order valence-electron chi connectivity index (χ1n) is 13.4. The third-order valence-electron chi connectivity index (χ3n) is 8.02. The van der Waals surface area contributed by atoms with E-state index in [0.29, 0.717) is 12.1 Å². The third-order valence-corrected chi connectivity index (χ3v) is 8.02. The highest BCUT2D eigenvalue weighted by atomic mass is 16.7. The van der Waals surface area contributed by atoms with Crippen LogP contribution in [0.1, 0.15) is 46.7 Å². The summed E-state index contributed by atoms with van der Waals surface area (Å²) in [5, 5.41) is 11.6. The van der Waals surface area contributed by atoms with Gasteiger partial charge in [-0.1, -0.05) is 25.5 Å². The van der Waals surface area contributed by atoms with E-state index < -0.39 is 41.5 Å². The summed E-state index contributed by atoms with van der Waals surface area (Å²) in [6, 6.07) is 0. The summed E-state index contributed by atoms with van der Waals surface area (Å²) in [5.74, 6) is -4.70. The molecule has 2 aliphatic heterocycles. The van der Waals surface area contributed by atoms with Crippen molar-refractivity contribution in [2.24, 2.45) is 30.7 Å². The van der Waals surface area contributed by atoms with Crippen LogP contribution < -0.4 is 0 Å². The van der Waals surface area contributed by atoms with E-state index in [-0.39, 0.29) is 29.2 Å². The smallest absolute Gasteiger partial charge is 0.339 e. The first-order chi connectivity index (χ1) is 18.8. The minimum Gasteiger partial charge on any atom is -0.466 e. The van der Waals surface area contributed by atoms with Gasteiger partial charge in [-0.05, 0) is 62.3 Å². The summed E-state index contributed by atoms with van der Waals surface area (Å²) in [7, 11) is 3.07. The Hall–Kier alpha value is -3.50. The number of ether oxygens (including phenoxy) is 4. The van der Waals surface area contributed by atoms with Gasteiger partial charge in [0.15, 0.2) is 0 Å². The van der Waals surface area contributed by atoms with Gasteiger partial charge < -0.3 is 28.6 Å². The fourth-order valence-electron chi connectivity index (χ4n) is 6.10. The quantitative estimate of drug-likeness (QED) is 0.244. The molecule has 10 heteroatoms. The Kier molecular flexibility index (Phi) is 8.23. The van der Waals surface area contributed by atoms with Crippen LogP contribution in [0.3, 0.4) is 0 Å². The fraction of sp³-hybridized carbons (Fsp3) is 0.533. The molecular weight excluding hydrogens is 516 g/mol. The highest BCUT2D eigenvalue weighted by Crippen LogP contribution is 2.49. The Balaban J connectivity index is 1.79. The number of fused-ring (bicyclic) bond motifs is 3. The van der Waals surface area contributed by atoms with Gasteiger partial charge in [0, 0.05) is 32.2 Å². The molecule has 0 radical (unpaired) electrons. The average molecular weight is 555 g/mol. The number of carbonyl (C=O) groups excluding carboxylic acids is 3. The molecule has 216 valence electrons. The Morgan fingerprint density at radius 2 is 1.95 bits per heavy atom. The zero-order chi connectivity index (χ0) is 29.4. The molecule has 2 bridgehead atoms. The molecule has 0 aromatic carbocycles. The molecule has 1 aliphatic carbocycles. The van der Waals surface area contributed by atoms with Crippen molar-refractivity contribution in [3.05, 3.63) is 59.7 Å². The number of hydrogen-bond donors (Lipinski definition) is 1. The SMILES string of the molecule is COC(=O)C1=CC2C(CC(OC(=O)C=Cc3cn(C)cn3)C3(C)C=CC1(O)O3)C(C)=CC(OC(C)=O)C2C(C)C. The van der Waals surface area contributed by atoms with E-state index in [4.69, 9.17) is 18.9 Å². The number of esters is 3. The normalized spacial score (nSPS) is 33.4. The summed E-state index contributed by atoms with van der Waals surface area (Å²) in [5.41, 5.74) is 0.178. The Morgan fingerprint density at radius 1 is 1.23 bits per heavy atom. The number of aromatic nitrogens is 2. The van der Waals surface area contributed by atoms with Gasteiger partial charge in [-0.25, -0.2) is 14.6 Å². The fourth-order valence-corrected chi connectivity index (χ4v) is 6.10. The van der Waals surface area contributed by atoms with Crippen molar-refractivity contribution in [1.29, 1.82) is 0 Å². The molecule has 1 aromatic heterocycles. The molecular formula is C30H38N2O8. The third kappa shape index (κ3) is 5.83. The molecule has 0 spiro atoms. The Labute approximate surface area is 234 Å². The average Bonchev–Trinajstić information content (AvgIpc) is 3.44. The molecule has 4 rings (SSSR count). The van der Waals surface area contributed by atoms with Crippen molar-refractivity contribution in [3.63, 3.8) is 0 Å². The highest BCUT2D eigenvalue weighted by molar-refractivity contribution is 5.91. The molecule has 3 aliphatic rings. The molecule has 10 nitrogen and oxygen atoms in total. The van der Waals surface area contributed by atoms with Gasteiger partial charge in [0.25, 0.3) is 0 Å². The maximum Gasteiger partial charge on any atom is 0.339 e. The lowest BCUT2D eigenvalue weighted by molar-refractivity contribution is -0.216. The van der Waals surface area contributed by atoms with E-state index in [0.717, 1.165) is 5.57 Å². The first-order valence-corrected chi connectivity index (χ1v) is 13.4. The summed E-state index contributed by atoms with van der Waals surface area (Å²) < 4.78 is 24.7. The van der Waals surface area contributed by atoms with Gasteiger partial charge in [0.05, 0.1) is 24.7 Å². The Morgan fingerprint density at radius 3 is 2.55 bits per heavy atom. The molecule has 0 saturated carbocycles. The van der Waals surface area contributed by atoms with Crippen molar-refractivity contribution >= 4 is 24.0 Å². The van der Waals surface area contributed by atoms with E-state index in [2.05, 4.69) is 4.98 Å². The number of rotatable bonds is 6. The first kappa shape index (κ1) is 29.5. The zero-order valence-electron chi connectivity index (χ0n) is 24.0. The van der Waals surface area contributed by atoms with Crippen LogP contribution in [-0.2, 0) is 40.4 Å². The molecule has 0 amide bonds. The van der Waals surface area contributed by atoms with Gasteiger partial charge in [0.2, 0.25) is 5.79 Å². The molecule has 7 unspecified atom stereocenters. The van der Waals surface area contributed by atoms with Crippen LogP contribution in [0.4, 0.5) is 0 Å². The van der Waals surface area contributed by atoms with Crippen molar-refractivity contribution in [2.45, 2.75) is 64.6 Å². The van der Waals surface area contributed by atoms with Crippen LogP contribution in [0.5, 0.6) is 0 Å². The standard InChI is InChI=1S/C30H38N2O8/c1-17(2)27-22-13-23(28(35)37-7)30(36)11-10-29(5,40-30)25(14-21(22)18(3)12-24(27)38-19(4)33)39-26(34)9-8-20-15-32(6)16-31-20/h8-13,15-17,21-22,24-25,27,36H,14H2,1-7H3. The monoisotopic (exact) mass is 554 g/mol. The molecule has 1 N–H and O–H groups in total. The molecule has 0 saturated heterocycles. The second-order valence-corrected chi connectivity index (χ2v) is 11.3. The van der Waals surface area contributed by atoms with E-state index in [9.17, 15) is 19.5 Å². The number of aryl methyl sites for hydroxylation is 1. The summed E-state index contributed by atoms with van der Waals surface area (Å²) >= 11 is 0. The second kappa shape index (κ2) is 11.2. The van der Waals surface area contributed by atoms with Gasteiger partial charge in [-0.2, -0.15) is 0 Å². The van der Waals surface area contributed by atoms with Crippen molar-refractivity contribution < 1.29 is 38.4 Å². The minimum absolute atomic E-state index is 0.0262. The lowest BCUT2D eigenvalue weighted by Crippen LogP contribution is -2.48. The van der Waals surface area contributed by atoms with Gasteiger partial charge >= 0.3 is 17.9 Å². The van der Waals surface area contributed by atoms with Crippen LogP contribution in [0.25, 0.3) is 6.08 Å². The largest absolute Gasteiger partial charge is 0.466 e. The van der Waals surface area contributed by atoms with Crippen LogP contribution in [0.2, 0.25) is 0 Å². The van der Waals surface area contributed by atoms with Crippen molar-refractivity contribution in [1.82, 2.24) is 9.55 Å². The zero-order valence-corrected chi connectivity index (χ0v) is 24.0. The van der Waals surface area contributed by atoms with Gasteiger partial charge in [0.1, 0.15) is 17.8 Å². The van der Waals surface area contributed by atoms with E-state index in [1.807, 2.05) is 33.9 Å². The maximum atomic E-state index is 13.0. The lowest BCUT2D eigenvalue weighted by atomic mass is 9.64. The van der Waals surface area contributed by atoms with Crippen LogP contribution >= 0.6 is 0 Å². The van der Waals surface area contributed by atoms with E-state index in [1.54, 1.807) is 42.2 Å². The number of aliphatic hydroxyl groups is 1. The van der Waals surface area contributed by atoms with Gasteiger partial charge in [-0.3, -0.25) is 4.79 Å². The van der Waals surface area contributed by atoms with Crippen molar-refractivity contribution in [3.8, 4) is 0 Å². The highest BCUT2D eigenvalue weighted by Gasteiger charge is 2.55. The summed E-state index contributed by atoms with van der Waals surface area (Å²) in [6.07, 6.45) is 11.8. The van der Waals surface area contributed by atoms with Gasteiger partial charge in [-0.15, -0.1) is 0 Å². The van der Waals surface area contributed by atoms with Crippen molar-refractivity contribution in [2.75, 3.05) is 7.11 Å². The minimum atomic E-state index is -2.11. The molecule has 0 fully saturated rings. The molecule has 3 heterocycles. The maximum absolute atomic E-state index is 13.0. The summed E-state index contributed by atoms with van der Waals surface area (Å²) in [6.45, 7) is 9.04. The lowest BCUT2D eigenvalue weighted by Gasteiger charge is -2.44. The summed E-state index contributed by atoms with van der Waals surface area (Å²) in [4.78, 5) is 42.3. The number of nitrogens with zero attached hydrogens (tertiary/aromatic N) is 2. The molecule has 7 atom stereocenters.